The number of thiazole rings is 1. The molecule has 0 radical (unpaired) electrons. The smallest absolute Gasteiger partial charge is 0.327 e. The summed E-state index contributed by atoms with van der Waals surface area (Å²) in [5, 5.41) is 4.98. The van der Waals surface area contributed by atoms with E-state index in [9.17, 15) is 18.0 Å². The number of nitrogens with zero attached hydrogens (tertiary/aromatic N) is 1. The van der Waals surface area contributed by atoms with Gasteiger partial charge in [-0.05, 0) is 42.5 Å². The molecule has 0 unspecified atom stereocenters. The standard InChI is InChI=1S/C22H17N3O5S2/c1-32(28,29)15-11-12-17-19(13-15)31-22(23-17)25-21(27)24-20(26)16-9-5-6-10-18(16)30-14-7-3-2-4-8-14/h2-13H,1H3,(H2,23,24,25,26,27). The first-order valence-electron chi connectivity index (χ1n) is 9.34. The minimum atomic E-state index is -3.36. The number of para-hydroxylation sites is 2. The first kappa shape index (κ1) is 21.5. The molecule has 0 saturated heterocycles. The number of hydrogen-bond acceptors (Lipinski definition) is 7. The molecule has 10 heteroatoms. The second-order valence-electron chi connectivity index (χ2n) is 6.74. The van der Waals surface area contributed by atoms with Gasteiger partial charge in [-0.25, -0.2) is 18.2 Å². The van der Waals surface area contributed by atoms with E-state index in [2.05, 4.69) is 15.6 Å². The molecule has 2 N–H and O–H groups in total. The molecule has 3 amide bonds. The Bertz CT molecular complexity index is 1420. The fourth-order valence-corrected chi connectivity index (χ4v) is 4.47. The molecular weight excluding hydrogens is 450 g/mol. The Morgan fingerprint density at radius 2 is 1.69 bits per heavy atom. The van der Waals surface area contributed by atoms with Gasteiger partial charge in [0.05, 0.1) is 20.7 Å². The van der Waals surface area contributed by atoms with Crippen LogP contribution < -0.4 is 15.4 Å². The lowest BCUT2D eigenvalue weighted by Gasteiger charge is -2.11. The van der Waals surface area contributed by atoms with E-state index in [1.807, 2.05) is 18.2 Å². The van der Waals surface area contributed by atoms with Crippen molar-refractivity contribution in [2.45, 2.75) is 4.90 Å². The quantitative estimate of drug-likeness (QED) is 0.448. The Morgan fingerprint density at radius 3 is 2.44 bits per heavy atom. The van der Waals surface area contributed by atoms with Crippen molar-refractivity contribution >= 4 is 48.5 Å². The van der Waals surface area contributed by atoms with Crippen LogP contribution in [0.1, 0.15) is 10.4 Å². The van der Waals surface area contributed by atoms with Crippen molar-refractivity contribution in [1.82, 2.24) is 10.3 Å². The molecule has 0 fully saturated rings. The summed E-state index contributed by atoms with van der Waals surface area (Å²) in [5.41, 5.74) is 0.722. The molecule has 4 rings (SSSR count). The van der Waals surface area contributed by atoms with Gasteiger partial charge < -0.3 is 4.74 Å². The van der Waals surface area contributed by atoms with Gasteiger partial charge in [-0.2, -0.15) is 0 Å². The van der Waals surface area contributed by atoms with E-state index in [0.717, 1.165) is 17.6 Å². The zero-order valence-electron chi connectivity index (χ0n) is 16.7. The van der Waals surface area contributed by atoms with Crippen LogP contribution in [0, 0.1) is 0 Å². The average molecular weight is 468 g/mol. The molecule has 162 valence electrons. The molecule has 8 nitrogen and oxygen atoms in total. The predicted molar refractivity (Wildman–Crippen MR) is 122 cm³/mol. The van der Waals surface area contributed by atoms with Crippen molar-refractivity contribution < 1.29 is 22.7 Å². The zero-order chi connectivity index (χ0) is 22.7. The van der Waals surface area contributed by atoms with Gasteiger partial charge in [-0.3, -0.25) is 15.4 Å². The average Bonchev–Trinajstić information content (AvgIpc) is 3.15. The summed E-state index contributed by atoms with van der Waals surface area (Å²) in [5.74, 6) is 0.215. The minimum absolute atomic E-state index is 0.162. The number of sulfone groups is 1. The first-order chi connectivity index (χ1) is 15.3. The summed E-state index contributed by atoms with van der Waals surface area (Å²) in [6.07, 6.45) is 1.12. The van der Waals surface area contributed by atoms with Crippen LogP contribution >= 0.6 is 11.3 Å². The fourth-order valence-electron chi connectivity index (χ4n) is 2.85. The van der Waals surface area contributed by atoms with Crippen LogP contribution in [0.15, 0.2) is 77.7 Å². The third-order valence-corrected chi connectivity index (χ3v) is 6.38. The molecule has 32 heavy (non-hydrogen) atoms. The van der Waals surface area contributed by atoms with Crippen LogP contribution in [-0.4, -0.2) is 31.6 Å². The number of carbonyl (C=O) groups excluding carboxylic acids is 2. The van der Waals surface area contributed by atoms with Crippen LogP contribution in [-0.2, 0) is 9.84 Å². The topological polar surface area (TPSA) is 114 Å². The molecule has 0 aliphatic heterocycles. The predicted octanol–water partition coefficient (Wildman–Crippen LogP) is 4.45. The number of hydrogen-bond donors (Lipinski definition) is 2. The highest BCUT2D eigenvalue weighted by Gasteiger charge is 2.17. The Labute approximate surface area is 187 Å². The van der Waals surface area contributed by atoms with Crippen LogP contribution in [0.2, 0.25) is 0 Å². The number of imide groups is 1. The SMILES string of the molecule is CS(=O)(=O)c1ccc2nc(NC(=O)NC(=O)c3ccccc3Oc3ccccc3)sc2c1. The summed E-state index contributed by atoms with van der Waals surface area (Å²) >= 11 is 1.10. The number of anilines is 1. The van der Waals surface area contributed by atoms with Crippen LogP contribution in [0.5, 0.6) is 11.5 Å². The molecule has 0 spiro atoms. The second kappa shape index (κ2) is 8.77. The fraction of sp³-hybridized carbons (Fsp3) is 0.0455. The molecule has 3 aromatic carbocycles. The molecule has 0 atom stereocenters. The summed E-state index contributed by atoms with van der Waals surface area (Å²) in [4.78, 5) is 29.4. The van der Waals surface area contributed by atoms with Gasteiger partial charge in [-0.15, -0.1) is 0 Å². The van der Waals surface area contributed by atoms with Crippen molar-refractivity contribution in [3.05, 3.63) is 78.4 Å². The normalized spacial score (nSPS) is 11.2. The van der Waals surface area contributed by atoms with E-state index in [-0.39, 0.29) is 15.6 Å². The van der Waals surface area contributed by atoms with Gasteiger partial charge in [0.2, 0.25) is 0 Å². The van der Waals surface area contributed by atoms with Crippen molar-refractivity contribution in [2.24, 2.45) is 0 Å². The van der Waals surface area contributed by atoms with Crippen LogP contribution in [0.25, 0.3) is 10.2 Å². The van der Waals surface area contributed by atoms with Crippen molar-refractivity contribution in [3.8, 4) is 11.5 Å². The van der Waals surface area contributed by atoms with E-state index in [0.29, 0.717) is 21.7 Å². The highest BCUT2D eigenvalue weighted by molar-refractivity contribution is 7.90. The number of nitrogens with one attached hydrogen (secondary N) is 2. The summed E-state index contributed by atoms with van der Waals surface area (Å²) in [6.45, 7) is 0. The van der Waals surface area contributed by atoms with Crippen molar-refractivity contribution in [3.63, 3.8) is 0 Å². The van der Waals surface area contributed by atoms with E-state index in [1.54, 1.807) is 42.5 Å². The van der Waals surface area contributed by atoms with Gasteiger partial charge in [0.1, 0.15) is 11.5 Å². The molecule has 0 saturated carbocycles. The Morgan fingerprint density at radius 1 is 0.969 bits per heavy atom. The number of benzene rings is 3. The highest BCUT2D eigenvalue weighted by atomic mass is 32.2. The maximum Gasteiger partial charge on any atom is 0.327 e. The maximum absolute atomic E-state index is 12.6. The summed E-state index contributed by atoms with van der Waals surface area (Å²) in [7, 11) is -3.36. The number of urea groups is 1. The lowest BCUT2D eigenvalue weighted by molar-refractivity contribution is 0.0965. The molecule has 0 aliphatic carbocycles. The largest absolute Gasteiger partial charge is 0.457 e. The van der Waals surface area contributed by atoms with Crippen molar-refractivity contribution in [2.75, 3.05) is 11.6 Å². The third-order valence-electron chi connectivity index (χ3n) is 4.34. The van der Waals surface area contributed by atoms with Gasteiger partial charge in [-0.1, -0.05) is 41.7 Å². The number of ether oxygens (including phenoxy) is 1. The molecule has 4 aromatic rings. The third kappa shape index (κ3) is 4.93. The summed E-state index contributed by atoms with van der Waals surface area (Å²) < 4.78 is 29.8. The summed E-state index contributed by atoms with van der Waals surface area (Å²) in [6, 6.07) is 19.3. The number of fused-ring (bicyclic) bond motifs is 1. The van der Waals surface area contributed by atoms with Gasteiger partial charge >= 0.3 is 6.03 Å². The maximum atomic E-state index is 12.6. The molecule has 0 aliphatic rings. The molecular formula is C22H17N3O5S2. The van der Waals surface area contributed by atoms with Crippen LogP contribution in [0.3, 0.4) is 0 Å². The van der Waals surface area contributed by atoms with Gasteiger partial charge in [0.25, 0.3) is 5.91 Å². The molecule has 1 heterocycles. The Hall–Kier alpha value is -3.76. The zero-order valence-corrected chi connectivity index (χ0v) is 18.4. The van der Waals surface area contributed by atoms with E-state index < -0.39 is 21.8 Å². The lowest BCUT2D eigenvalue weighted by atomic mass is 10.2. The van der Waals surface area contributed by atoms with E-state index >= 15 is 0 Å². The number of rotatable bonds is 5. The van der Waals surface area contributed by atoms with Gasteiger partial charge in [0, 0.05) is 6.26 Å². The second-order valence-corrected chi connectivity index (χ2v) is 9.79. The van der Waals surface area contributed by atoms with E-state index in [1.165, 1.54) is 12.1 Å². The minimum Gasteiger partial charge on any atom is -0.457 e. The van der Waals surface area contributed by atoms with Gasteiger partial charge in [0.15, 0.2) is 15.0 Å². The Kier molecular flexibility index (Phi) is 5.89. The van der Waals surface area contributed by atoms with Crippen molar-refractivity contribution in [1.29, 1.82) is 0 Å². The number of carbonyl (C=O) groups is 2. The molecule has 0 bridgehead atoms. The van der Waals surface area contributed by atoms with E-state index in [4.69, 9.17) is 4.74 Å². The highest BCUT2D eigenvalue weighted by Crippen LogP contribution is 2.28. The number of amides is 3. The first-order valence-corrected chi connectivity index (χ1v) is 12.1. The lowest BCUT2D eigenvalue weighted by Crippen LogP contribution is -2.34. The number of aromatic nitrogens is 1. The molecule has 1 aromatic heterocycles. The van der Waals surface area contributed by atoms with Crippen LogP contribution in [0.4, 0.5) is 9.93 Å². The Balaban J connectivity index is 1.47. The monoisotopic (exact) mass is 467 g/mol.